The molecule has 1 spiro atoms. The molecule has 0 bridgehead atoms. The minimum absolute atomic E-state index is 0.0599. The molecule has 2 amide bonds. The number of aromatic nitrogens is 4. The predicted octanol–water partition coefficient (Wildman–Crippen LogP) is 5.19. The van der Waals surface area contributed by atoms with Crippen molar-refractivity contribution < 1.29 is 57.9 Å². The molecule has 3 aromatic carbocycles. The van der Waals surface area contributed by atoms with Crippen LogP contribution in [-0.4, -0.2) is 85.0 Å². The molecular formula is C48H52N6O13. The summed E-state index contributed by atoms with van der Waals surface area (Å²) in [6, 6.07) is 14.0. The number of fused-ring (bicyclic) bond motifs is 7. The standard InChI is InChI=1S/C48H52N6O13/c1-23(2)39(57)51-45-50-38-37(41(59)52-45)31(53-54(38)36-21-32(56)35(22-55)66-36)10-9-17-49-40(58)24-11-14-27-30(18-24)48(67-42(27)60)28-15-12-25(63-43(61)46(3,4)5)19-33(28)65-34-20-26(13-16-29(34)48)64-44(62)47(6,7)8/h11-16,18-20,23,32,35-36,55-56H,9-10,17,21-22H2,1-8H3,(H,49,58)(H2,50,51,52,57,59)/t32-,35+,36+/m0/s1. The third-order valence-electron chi connectivity index (χ3n) is 11.6. The summed E-state index contributed by atoms with van der Waals surface area (Å²) in [6.07, 6.45) is -2.20. The minimum Gasteiger partial charge on any atom is -0.456 e. The Hall–Kier alpha value is -6.96. The molecule has 3 aliphatic rings. The Morgan fingerprint density at radius 2 is 1.54 bits per heavy atom. The van der Waals surface area contributed by atoms with Crippen LogP contribution in [0.25, 0.3) is 11.0 Å². The topological polar surface area (TPSA) is 260 Å². The van der Waals surface area contributed by atoms with Crippen LogP contribution in [0.15, 0.2) is 59.4 Å². The number of nitrogens with one attached hydrogen (secondary N) is 3. The highest BCUT2D eigenvalue weighted by molar-refractivity contribution is 6.01. The lowest BCUT2D eigenvalue weighted by Crippen LogP contribution is -2.33. The van der Waals surface area contributed by atoms with E-state index < -0.39 is 76.8 Å². The van der Waals surface area contributed by atoms with Crippen LogP contribution in [-0.2, 0) is 35.9 Å². The number of benzene rings is 3. The Bertz CT molecular complexity index is 2830. The number of aliphatic hydroxyl groups is 2. The van der Waals surface area contributed by atoms with E-state index in [0.717, 1.165) is 0 Å². The van der Waals surface area contributed by atoms with E-state index in [1.165, 1.54) is 28.9 Å². The van der Waals surface area contributed by atoms with Crippen LogP contribution < -0.4 is 30.4 Å². The van der Waals surface area contributed by atoms with Crippen molar-refractivity contribution in [1.29, 1.82) is 0 Å². The number of aliphatic hydroxyl groups excluding tert-OH is 2. The molecule has 2 aromatic heterocycles. The van der Waals surface area contributed by atoms with Crippen LogP contribution in [0.3, 0.4) is 0 Å². The number of hydrogen-bond donors (Lipinski definition) is 5. The number of carbonyl (C=O) groups excluding carboxylic acids is 5. The van der Waals surface area contributed by atoms with Gasteiger partial charge in [0.15, 0.2) is 17.5 Å². The zero-order valence-corrected chi connectivity index (χ0v) is 38.3. The number of esters is 3. The largest absolute Gasteiger partial charge is 0.456 e. The summed E-state index contributed by atoms with van der Waals surface area (Å²) in [4.78, 5) is 86.5. The normalized spacial score (nSPS) is 18.2. The summed E-state index contributed by atoms with van der Waals surface area (Å²) in [6.45, 7) is 13.4. The molecule has 0 unspecified atom stereocenters. The van der Waals surface area contributed by atoms with Gasteiger partial charge in [-0.15, -0.1) is 0 Å². The van der Waals surface area contributed by atoms with E-state index in [4.69, 9.17) is 23.7 Å². The molecule has 0 aliphatic carbocycles. The van der Waals surface area contributed by atoms with Gasteiger partial charge in [-0.1, -0.05) is 13.8 Å². The second-order valence-electron chi connectivity index (χ2n) is 19.2. The molecule has 8 rings (SSSR count). The van der Waals surface area contributed by atoms with Crippen molar-refractivity contribution in [2.24, 2.45) is 16.7 Å². The van der Waals surface area contributed by atoms with Gasteiger partial charge in [0.2, 0.25) is 11.9 Å². The zero-order valence-electron chi connectivity index (χ0n) is 38.3. The number of nitrogens with zero attached hydrogens (tertiary/aromatic N) is 3. The minimum atomic E-state index is -1.65. The van der Waals surface area contributed by atoms with Gasteiger partial charge < -0.3 is 39.2 Å². The number of amides is 2. The van der Waals surface area contributed by atoms with Gasteiger partial charge in [-0.05, 0) is 96.8 Å². The molecule has 1 fully saturated rings. The number of aryl methyl sites for hydroxylation is 1. The first-order valence-corrected chi connectivity index (χ1v) is 21.9. The number of carbonyl (C=O) groups is 5. The third-order valence-corrected chi connectivity index (χ3v) is 11.6. The average Bonchev–Trinajstić information content (AvgIpc) is 3.92. The number of rotatable bonds is 11. The smallest absolute Gasteiger partial charge is 0.340 e. The van der Waals surface area contributed by atoms with Crippen LogP contribution in [0.5, 0.6) is 23.0 Å². The zero-order chi connectivity index (χ0) is 48.3. The maximum absolute atomic E-state index is 13.9. The highest BCUT2D eigenvalue weighted by atomic mass is 16.6. The second kappa shape index (κ2) is 17.4. The van der Waals surface area contributed by atoms with Crippen molar-refractivity contribution in [3.63, 3.8) is 0 Å². The van der Waals surface area contributed by atoms with Crippen LogP contribution in [0.1, 0.15) is 118 Å². The summed E-state index contributed by atoms with van der Waals surface area (Å²) < 4.78 is 31.3. The third kappa shape index (κ3) is 8.76. The summed E-state index contributed by atoms with van der Waals surface area (Å²) in [5, 5.41) is 30.5. The van der Waals surface area contributed by atoms with Crippen LogP contribution in [0.4, 0.5) is 5.95 Å². The van der Waals surface area contributed by atoms with Gasteiger partial charge in [0.1, 0.15) is 34.5 Å². The molecule has 352 valence electrons. The molecular weight excluding hydrogens is 869 g/mol. The Balaban J connectivity index is 1.08. The molecule has 3 aliphatic heterocycles. The van der Waals surface area contributed by atoms with Crippen LogP contribution in [0, 0.1) is 16.7 Å². The average molecular weight is 921 g/mol. The molecule has 0 radical (unpaired) electrons. The fraction of sp³-hybridized carbons (Fsp3) is 0.417. The number of ether oxygens (including phenoxy) is 5. The Morgan fingerprint density at radius 3 is 2.10 bits per heavy atom. The van der Waals surface area contributed by atoms with Gasteiger partial charge in [-0.2, -0.15) is 10.1 Å². The number of anilines is 1. The van der Waals surface area contributed by atoms with Crippen molar-refractivity contribution in [2.75, 3.05) is 18.5 Å². The lowest BCUT2D eigenvalue weighted by atomic mass is 9.77. The molecule has 67 heavy (non-hydrogen) atoms. The first-order valence-electron chi connectivity index (χ1n) is 21.9. The van der Waals surface area contributed by atoms with Gasteiger partial charge in [0, 0.05) is 53.3 Å². The molecule has 5 aromatic rings. The lowest BCUT2D eigenvalue weighted by Gasteiger charge is -2.37. The fourth-order valence-corrected chi connectivity index (χ4v) is 7.87. The van der Waals surface area contributed by atoms with Crippen LogP contribution >= 0.6 is 0 Å². The summed E-state index contributed by atoms with van der Waals surface area (Å²) in [5.74, 6) is -2.28. The van der Waals surface area contributed by atoms with Crippen LogP contribution in [0.2, 0.25) is 0 Å². The maximum Gasteiger partial charge on any atom is 0.340 e. The highest BCUT2D eigenvalue weighted by Gasteiger charge is 2.54. The van der Waals surface area contributed by atoms with Crippen molar-refractivity contribution >= 4 is 46.7 Å². The Labute approximate surface area is 384 Å². The van der Waals surface area contributed by atoms with Gasteiger partial charge in [0.25, 0.3) is 11.5 Å². The molecule has 1 saturated heterocycles. The summed E-state index contributed by atoms with van der Waals surface area (Å²) >= 11 is 0. The molecule has 0 saturated carbocycles. The highest BCUT2D eigenvalue weighted by Crippen LogP contribution is 2.57. The maximum atomic E-state index is 13.9. The quantitative estimate of drug-likeness (QED) is 0.0649. The fourth-order valence-electron chi connectivity index (χ4n) is 7.87. The molecule has 19 heteroatoms. The first kappa shape index (κ1) is 46.6. The molecule has 19 nitrogen and oxygen atoms in total. The summed E-state index contributed by atoms with van der Waals surface area (Å²) in [7, 11) is 0. The Morgan fingerprint density at radius 1 is 0.910 bits per heavy atom. The molecule has 5 N–H and O–H groups in total. The van der Waals surface area contributed by atoms with Gasteiger partial charge in [-0.3, -0.25) is 34.3 Å². The molecule has 5 heterocycles. The van der Waals surface area contributed by atoms with Crippen molar-refractivity contribution in [3.8, 4) is 23.0 Å². The van der Waals surface area contributed by atoms with E-state index in [1.807, 2.05) is 0 Å². The predicted molar refractivity (Wildman–Crippen MR) is 239 cm³/mol. The van der Waals surface area contributed by atoms with E-state index in [0.29, 0.717) is 28.8 Å². The van der Waals surface area contributed by atoms with Gasteiger partial charge >= 0.3 is 17.9 Å². The first-order chi connectivity index (χ1) is 31.6. The lowest BCUT2D eigenvalue weighted by molar-refractivity contribution is -0.143. The van der Waals surface area contributed by atoms with Crippen molar-refractivity contribution in [2.45, 2.75) is 98.7 Å². The molecule has 3 atom stereocenters. The van der Waals surface area contributed by atoms with Crippen molar-refractivity contribution in [1.82, 2.24) is 25.1 Å². The van der Waals surface area contributed by atoms with E-state index >= 15 is 0 Å². The Kier molecular flexibility index (Phi) is 12.1. The summed E-state index contributed by atoms with van der Waals surface area (Å²) in [5.41, 5.74) is -1.95. The van der Waals surface area contributed by atoms with Gasteiger partial charge in [0.05, 0.1) is 34.8 Å². The van der Waals surface area contributed by atoms with Gasteiger partial charge in [-0.25, -0.2) is 9.48 Å². The van der Waals surface area contributed by atoms with E-state index in [-0.39, 0.29) is 76.4 Å². The van der Waals surface area contributed by atoms with E-state index in [2.05, 4.69) is 25.7 Å². The number of aromatic amines is 1. The SMILES string of the molecule is CC(C)C(=O)Nc1nc2c(c(CCCNC(=O)c3ccc4c(c3)C3(OC4=O)c4ccc(OC(=O)C(C)(C)C)cc4Oc4cc(OC(=O)C(C)(C)C)ccc43)nn2[C@H]2C[C@H](O)[C@@H](CO)O2)c(=O)[nH]1. The number of H-pyrrole nitrogens is 1. The van der Waals surface area contributed by atoms with E-state index in [9.17, 15) is 39.0 Å². The van der Waals surface area contributed by atoms with Crippen molar-refractivity contribution in [3.05, 3.63) is 98.5 Å². The monoisotopic (exact) mass is 920 g/mol. The second-order valence-corrected chi connectivity index (χ2v) is 19.2. The number of hydrogen-bond acceptors (Lipinski definition) is 15. The van der Waals surface area contributed by atoms with E-state index in [1.54, 1.807) is 85.7 Å².